The lowest BCUT2D eigenvalue weighted by molar-refractivity contribution is -0.384. The monoisotopic (exact) mass is 548 g/mol. The number of aromatic nitrogens is 1. The molecule has 9 nitrogen and oxygen atoms in total. The number of carbonyl (C=O) groups excluding carboxylic acids is 1. The number of hydrogen-bond donors (Lipinski definition) is 2. The molecule has 3 aromatic carbocycles. The molecule has 2 N–H and O–H groups in total. The third-order valence-electron chi connectivity index (χ3n) is 6.28. The molecule has 0 aliphatic heterocycles. The van der Waals surface area contributed by atoms with E-state index in [1.54, 1.807) is 30.0 Å². The van der Waals surface area contributed by atoms with Crippen molar-refractivity contribution in [2.24, 2.45) is 0 Å². The van der Waals surface area contributed by atoms with Gasteiger partial charge in [0.1, 0.15) is 5.69 Å². The van der Waals surface area contributed by atoms with E-state index in [0.29, 0.717) is 29.6 Å². The zero-order chi connectivity index (χ0) is 26.7. The van der Waals surface area contributed by atoms with E-state index >= 15 is 0 Å². The van der Waals surface area contributed by atoms with E-state index in [1.807, 2.05) is 36.4 Å². The number of nitro benzene ring substituents is 1. The van der Waals surface area contributed by atoms with Gasteiger partial charge in [0.05, 0.1) is 20.9 Å². The Kier molecular flexibility index (Phi) is 7.30. The minimum absolute atomic E-state index is 0.201. The summed E-state index contributed by atoms with van der Waals surface area (Å²) >= 11 is 1.59. The van der Waals surface area contributed by atoms with Gasteiger partial charge < -0.3 is 5.32 Å². The average molecular weight is 549 g/mol. The highest BCUT2D eigenvalue weighted by Gasteiger charge is 2.28. The lowest BCUT2D eigenvalue weighted by atomic mass is 10.0. The number of pyridine rings is 1. The molecule has 0 saturated carbocycles. The molecule has 1 heterocycles. The van der Waals surface area contributed by atoms with Crippen molar-refractivity contribution in [3.8, 4) is 0 Å². The van der Waals surface area contributed by atoms with Crippen LogP contribution in [-0.4, -0.2) is 36.5 Å². The van der Waals surface area contributed by atoms with E-state index in [-0.39, 0.29) is 21.8 Å². The molecule has 11 heteroatoms. The summed E-state index contributed by atoms with van der Waals surface area (Å²) < 4.78 is 28.4. The first kappa shape index (κ1) is 25.7. The molecule has 1 aliphatic carbocycles. The van der Waals surface area contributed by atoms with Gasteiger partial charge in [0.25, 0.3) is 21.6 Å². The highest BCUT2D eigenvalue weighted by molar-refractivity contribution is 7.99. The molecule has 0 unspecified atom stereocenters. The second-order valence-corrected chi connectivity index (χ2v) is 11.6. The number of rotatable bonds is 9. The molecule has 0 atom stereocenters. The Bertz CT molecular complexity index is 1640. The molecule has 38 heavy (non-hydrogen) atoms. The molecule has 0 spiro atoms. The summed E-state index contributed by atoms with van der Waals surface area (Å²) in [5, 5.41) is 15.3. The van der Waals surface area contributed by atoms with Crippen LogP contribution in [0.3, 0.4) is 0 Å². The van der Waals surface area contributed by atoms with Gasteiger partial charge in [0, 0.05) is 34.3 Å². The molecule has 4 aromatic rings. The summed E-state index contributed by atoms with van der Waals surface area (Å²) in [7, 11) is -4.38. The van der Waals surface area contributed by atoms with Crippen LogP contribution in [0.5, 0.6) is 0 Å². The van der Waals surface area contributed by atoms with Gasteiger partial charge in [0.2, 0.25) is 0 Å². The normalized spacial score (nSPS) is 12.7. The Labute approximate surface area is 223 Å². The van der Waals surface area contributed by atoms with E-state index in [2.05, 4.69) is 15.0 Å². The van der Waals surface area contributed by atoms with Gasteiger partial charge in [-0.25, -0.2) is 13.1 Å². The first-order chi connectivity index (χ1) is 18.3. The summed E-state index contributed by atoms with van der Waals surface area (Å²) in [6, 6.07) is 20.4. The number of nitro groups is 1. The van der Waals surface area contributed by atoms with Crippen LogP contribution in [0.2, 0.25) is 0 Å². The Hall–Kier alpha value is -3.96. The maximum Gasteiger partial charge on any atom is 0.293 e. The van der Waals surface area contributed by atoms with E-state index in [4.69, 9.17) is 0 Å². The number of fused-ring (bicyclic) bond motifs is 2. The third-order valence-corrected chi connectivity index (χ3v) is 8.62. The zero-order valence-corrected chi connectivity index (χ0v) is 21.8. The van der Waals surface area contributed by atoms with Crippen LogP contribution < -0.4 is 10.0 Å². The van der Waals surface area contributed by atoms with Crippen LogP contribution in [0.25, 0.3) is 10.9 Å². The van der Waals surface area contributed by atoms with Crippen LogP contribution in [0, 0.1) is 10.1 Å². The number of para-hydroxylation sites is 1. The largest absolute Gasteiger partial charge is 0.379 e. The Morgan fingerprint density at radius 3 is 2.58 bits per heavy atom. The number of carbonyl (C=O) groups is 1. The van der Waals surface area contributed by atoms with E-state index in [1.165, 1.54) is 12.1 Å². The highest BCUT2D eigenvalue weighted by atomic mass is 32.2. The molecule has 1 aromatic heterocycles. The van der Waals surface area contributed by atoms with Crippen molar-refractivity contribution < 1.29 is 18.1 Å². The molecule has 0 radical (unpaired) electrons. The third kappa shape index (κ3) is 5.34. The summed E-state index contributed by atoms with van der Waals surface area (Å²) in [5.41, 5.74) is 2.26. The number of nitrogens with one attached hydrogen (secondary N) is 2. The van der Waals surface area contributed by atoms with Gasteiger partial charge in [-0.15, -0.1) is 11.8 Å². The topological polar surface area (TPSA) is 131 Å². The van der Waals surface area contributed by atoms with Gasteiger partial charge in [-0.3, -0.25) is 19.9 Å². The molecule has 0 fully saturated rings. The summed E-state index contributed by atoms with van der Waals surface area (Å²) in [5.74, 6) is -0.119. The zero-order valence-electron chi connectivity index (χ0n) is 20.2. The fraction of sp³-hybridized carbons (Fsp3) is 0.185. The predicted octanol–water partition coefficient (Wildman–Crippen LogP) is 4.95. The van der Waals surface area contributed by atoms with Crippen LogP contribution in [0.1, 0.15) is 28.0 Å². The number of thioether (sulfide) groups is 1. The Morgan fingerprint density at radius 2 is 1.79 bits per heavy atom. The Balaban J connectivity index is 1.36. The number of anilines is 1. The van der Waals surface area contributed by atoms with Crippen molar-refractivity contribution in [1.82, 2.24) is 9.71 Å². The number of nitrogens with zero attached hydrogens (tertiary/aromatic N) is 2. The van der Waals surface area contributed by atoms with Crippen LogP contribution >= 0.6 is 11.8 Å². The van der Waals surface area contributed by atoms with E-state index < -0.39 is 20.9 Å². The SMILES string of the molecule is O=C(NS(=O)(=O)c1ccc(NCCSc2ccccc2)c([N+](=O)[O-])c1)c1c2c(nc3ccccc13)CCC2. The number of hydrogen-bond acceptors (Lipinski definition) is 8. The second-order valence-electron chi connectivity index (χ2n) is 8.74. The van der Waals surface area contributed by atoms with Crippen LogP contribution in [0.4, 0.5) is 11.4 Å². The van der Waals surface area contributed by atoms with Crippen molar-refractivity contribution >= 4 is 50.0 Å². The maximum atomic E-state index is 13.3. The second kappa shape index (κ2) is 10.8. The predicted molar refractivity (Wildman–Crippen MR) is 147 cm³/mol. The van der Waals surface area contributed by atoms with E-state index in [9.17, 15) is 23.3 Å². The highest BCUT2D eigenvalue weighted by Crippen LogP contribution is 2.31. The van der Waals surface area contributed by atoms with Gasteiger partial charge in [-0.05, 0) is 55.2 Å². The van der Waals surface area contributed by atoms with Crippen LogP contribution in [-0.2, 0) is 22.9 Å². The first-order valence-electron chi connectivity index (χ1n) is 12.0. The standard InChI is InChI=1S/C27H24N4O5S2/c32-27(26-20-9-4-5-11-22(20)29-23-12-6-10-21(23)26)30-38(35,36)19-13-14-24(25(17-19)31(33)34)28-15-16-37-18-7-2-1-3-8-18/h1-5,7-9,11,13-14,17,28H,6,10,12,15-16H2,(H,30,32). The molecule has 1 amide bonds. The van der Waals surface area contributed by atoms with Crippen molar-refractivity contribution in [3.63, 3.8) is 0 Å². The molecule has 1 aliphatic rings. The number of sulfonamides is 1. The minimum atomic E-state index is -4.38. The van der Waals surface area contributed by atoms with Gasteiger partial charge in [-0.1, -0.05) is 36.4 Å². The quantitative estimate of drug-likeness (QED) is 0.130. The fourth-order valence-electron chi connectivity index (χ4n) is 4.55. The number of amides is 1. The lowest BCUT2D eigenvalue weighted by Gasteiger charge is -2.13. The number of benzene rings is 3. The minimum Gasteiger partial charge on any atom is -0.379 e. The molecule has 0 saturated heterocycles. The number of aryl methyl sites for hydroxylation is 1. The maximum absolute atomic E-state index is 13.3. The fourth-order valence-corrected chi connectivity index (χ4v) is 6.32. The van der Waals surface area contributed by atoms with Crippen molar-refractivity contribution in [3.05, 3.63) is 99.7 Å². The van der Waals surface area contributed by atoms with Crippen molar-refractivity contribution in [2.75, 3.05) is 17.6 Å². The van der Waals surface area contributed by atoms with Crippen molar-refractivity contribution in [2.45, 2.75) is 29.1 Å². The molecule has 0 bridgehead atoms. The summed E-state index contributed by atoms with van der Waals surface area (Å²) in [6.07, 6.45) is 2.18. The molecule has 194 valence electrons. The summed E-state index contributed by atoms with van der Waals surface area (Å²) in [4.78, 5) is 29.8. The Morgan fingerprint density at radius 1 is 1.03 bits per heavy atom. The van der Waals surface area contributed by atoms with Gasteiger partial charge in [0.15, 0.2) is 0 Å². The van der Waals surface area contributed by atoms with Crippen LogP contribution in [0.15, 0.2) is 82.6 Å². The van der Waals surface area contributed by atoms with Crippen molar-refractivity contribution in [1.29, 1.82) is 0 Å². The van der Waals surface area contributed by atoms with Gasteiger partial charge >= 0.3 is 0 Å². The molecular formula is C27H24N4O5S2. The smallest absolute Gasteiger partial charge is 0.293 e. The summed E-state index contributed by atoms with van der Waals surface area (Å²) in [6.45, 7) is 0.434. The van der Waals surface area contributed by atoms with E-state index in [0.717, 1.165) is 35.1 Å². The molecule has 5 rings (SSSR count). The van der Waals surface area contributed by atoms with Gasteiger partial charge in [-0.2, -0.15) is 0 Å². The average Bonchev–Trinajstić information content (AvgIpc) is 3.38. The first-order valence-corrected chi connectivity index (χ1v) is 14.5. The molecular weight excluding hydrogens is 524 g/mol. The lowest BCUT2D eigenvalue weighted by Crippen LogP contribution is -2.31.